The van der Waals surface area contributed by atoms with Crippen molar-refractivity contribution in [2.24, 2.45) is 0 Å². The summed E-state index contributed by atoms with van der Waals surface area (Å²) in [5.41, 5.74) is 4.22. The summed E-state index contributed by atoms with van der Waals surface area (Å²) in [5.74, 6) is 0.230. The lowest BCUT2D eigenvalue weighted by Gasteiger charge is -2.33. The second-order valence-electron chi connectivity index (χ2n) is 9.44. The number of ether oxygens (including phenoxy) is 1. The molecule has 5 nitrogen and oxygen atoms in total. The van der Waals surface area contributed by atoms with Crippen molar-refractivity contribution >= 4 is 29.3 Å². The Labute approximate surface area is 205 Å². The summed E-state index contributed by atoms with van der Waals surface area (Å²) in [7, 11) is 0. The van der Waals surface area contributed by atoms with Crippen molar-refractivity contribution in [2.75, 3.05) is 13.1 Å². The van der Waals surface area contributed by atoms with Crippen LogP contribution < -0.4 is 0 Å². The highest BCUT2D eigenvalue weighted by Gasteiger charge is 2.31. The minimum atomic E-state index is -0.498. The minimum absolute atomic E-state index is 0.230. The molecule has 0 radical (unpaired) electrons. The number of likely N-dealkylation sites (tertiary alicyclic amines) is 1. The Morgan fingerprint density at radius 2 is 1.61 bits per heavy atom. The molecule has 4 rings (SSSR count). The van der Waals surface area contributed by atoms with Gasteiger partial charge in [-0.25, -0.2) is 9.48 Å². The predicted octanol–water partition coefficient (Wildman–Crippen LogP) is 7.27. The molecular formula is C26H29Cl2N3O2. The van der Waals surface area contributed by atoms with Crippen LogP contribution in [-0.4, -0.2) is 39.5 Å². The van der Waals surface area contributed by atoms with Crippen LogP contribution in [0.25, 0.3) is 16.9 Å². The Kier molecular flexibility index (Phi) is 6.73. The molecule has 7 heteroatoms. The lowest BCUT2D eigenvalue weighted by Crippen LogP contribution is -2.41. The summed E-state index contributed by atoms with van der Waals surface area (Å²) < 4.78 is 7.49. The van der Waals surface area contributed by atoms with Gasteiger partial charge in [0.15, 0.2) is 0 Å². The second kappa shape index (κ2) is 9.40. The van der Waals surface area contributed by atoms with Crippen molar-refractivity contribution in [3.05, 3.63) is 69.8 Å². The molecule has 1 fully saturated rings. The van der Waals surface area contributed by atoms with E-state index in [1.807, 2.05) is 74.0 Å². The molecule has 2 heterocycles. The van der Waals surface area contributed by atoms with Gasteiger partial charge in [0.1, 0.15) is 5.60 Å². The molecule has 1 amide bonds. The average molecular weight is 486 g/mol. The van der Waals surface area contributed by atoms with Crippen LogP contribution in [0.2, 0.25) is 10.0 Å². The molecule has 0 bridgehead atoms. The fraction of sp³-hybridized carbons (Fsp3) is 0.385. The number of rotatable bonds is 3. The number of halogens is 2. The van der Waals surface area contributed by atoms with Crippen LogP contribution in [-0.2, 0) is 4.74 Å². The highest BCUT2D eigenvalue weighted by molar-refractivity contribution is 6.39. The van der Waals surface area contributed by atoms with Gasteiger partial charge >= 0.3 is 6.09 Å². The van der Waals surface area contributed by atoms with Crippen LogP contribution >= 0.6 is 23.2 Å². The van der Waals surface area contributed by atoms with Crippen LogP contribution in [0.5, 0.6) is 0 Å². The van der Waals surface area contributed by atoms with E-state index in [-0.39, 0.29) is 12.0 Å². The normalized spacial score (nSPS) is 15.0. The smallest absolute Gasteiger partial charge is 0.410 e. The number of para-hydroxylation sites is 1. The Morgan fingerprint density at radius 3 is 2.18 bits per heavy atom. The third-order valence-electron chi connectivity index (χ3n) is 5.89. The fourth-order valence-corrected chi connectivity index (χ4v) is 4.91. The molecule has 0 aliphatic carbocycles. The molecule has 1 aromatic heterocycles. The van der Waals surface area contributed by atoms with Crippen LogP contribution in [0.3, 0.4) is 0 Å². The van der Waals surface area contributed by atoms with Crippen LogP contribution in [0, 0.1) is 6.92 Å². The number of nitrogens with zero attached hydrogens (tertiary/aromatic N) is 3. The Morgan fingerprint density at radius 1 is 1.00 bits per heavy atom. The van der Waals surface area contributed by atoms with E-state index in [2.05, 4.69) is 6.92 Å². The van der Waals surface area contributed by atoms with Crippen molar-refractivity contribution in [3.63, 3.8) is 0 Å². The van der Waals surface area contributed by atoms with Gasteiger partial charge in [-0.3, -0.25) is 0 Å². The van der Waals surface area contributed by atoms with E-state index >= 15 is 0 Å². The van der Waals surface area contributed by atoms with E-state index in [0.29, 0.717) is 23.1 Å². The van der Waals surface area contributed by atoms with Crippen molar-refractivity contribution < 1.29 is 9.53 Å². The van der Waals surface area contributed by atoms with Gasteiger partial charge in [-0.15, -0.1) is 0 Å². The monoisotopic (exact) mass is 485 g/mol. The Balaban J connectivity index is 1.69. The summed E-state index contributed by atoms with van der Waals surface area (Å²) >= 11 is 13.2. The largest absolute Gasteiger partial charge is 0.444 e. The zero-order valence-electron chi connectivity index (χ0n) is 19.4. The van der Waals surface area contributed by atoms with E-state index in [9.17, 15) is 4.79 Å². The highest BCUT2D eigenvalue weighted by Crippen LogP contribution is 2.41. The molecule has 1 aliphatic rings. The number of piperidine rings is 1. The summed E-state index contributed by atoms with van der Waals surface area (Å²) in [4.78, 5) is 14.3. The van der Waals surface area contributed by atoms with Gasteiger partial charge in [0.05, 0.1) is 27.1 Å². The summed E-state index contributed by atoms with van der Waals surface area (Å²) in [6, 6.07) is 15.6. The van der Waals surface area contributed by atoms with Crippen molar-refractivity contribution in [1.82, 2.24) is 14.7 Å². The summed E-state index contributed by atoms with van der Waals surface area (Å²) in [5, 5.41) is 6.24. The molecular weight excluding hydrogens is 457 g/mol. The molecule has 0 N–H and O–H groups in total. The fourth-order valence-electron chi connectivity index (χ4n) is 4.34. The lowest BCUT2D eigenvalue weighted by molar-refractivity contribution is 0.0204. The number of carbonyl (C=O) groups is 1. The molecule has 174 valence electrons. The minimum Gasteiger partial charge on any atom is -0.444 e. The first-order valence-corrected chi connectivity index (χ1v) is 12.0. The molecule has 1 saturated heterocycles. The standard InChI is InChI=1S/C26H29Cl2N3O2/c1-17-23(18-13-15-30(16-14-18)25(32)33-26(2,3)4)29-31(19-9-6-5-7-10-19)24(17)22-20(27)11-8-12-21(22)28/h5-12,18H,13-16H2,1-4H3. The first-order chi connectivity index (χ1) is 15.7. The molecule has 2 aromatic carbocycles. The number of carbonyl (C=O) groups excluding carboxylic acids is 1. The maximum atomic E-state index is 12.5. The van der Waals surface area contributed by atoms with E-state index in [0.717, 1.165) is 41.0 Å². The number of hydrogen-bond donors (Lipinski definition) is 0. The van der Waals surface area contributed by atoms with Crippen LogP contribution in [0.15, 0.2) is 48.5 Å². The van der Waals surface area contributed by atoms with Crippen molar-refractivity contribution in [2.45, 2.75) is 52.1 Å². The van der Waals surface area contributed by atoms with E-state index in [1.54, 1.807) is 4.90 Å². The lowest BCUT2D eigenvalue weighted by atomic mass is 9.90. The molecule has 0 saturated carbocycles. The molecule has 1 aliphatic heterocycles. The SMILES string of the molecule is Cc1c(C2CCN(C(=O)OC(C)(C)C)CC2)nn(-c2ccccc2)c1-c1c(Cl)cccc1Cl. The van der Waals surface area contributed by atoms with Crippen LogP contribution in [0.1, 0.15) is 50.8 Å². The quantitative estimate of drug-likeness (QED) is 0.391. The van der Waals surface area contributed by atoms with Gasteiger partial charge in [-0.2, -0.15) is 5.10 Å². The van der Waals surface area contributed by atoms with Gasteiger partial charge in [-0.1, -0.05) is 47.5 Å². The van der Waals surface area contributed by atoms with Gasteiger partial charge < -0.3 is 9.64 Å². The topological polar surface area (TPSA) is 47.4 Å². The summed E-state index contributed by atoms with van der Waals surface area (Å²) in [6.07, 6.45) is 1.39. The molecule has 3 aromatic rings. The number of benzene rings is 2. The third-order valence-corrected chi connectivity index (χ3v) is 6.52. The first kappa shape index (κ1) is 23.7. The maximum Gasteiger partial charge on any atom is 0.410 e. The van der Waals surface area contributed by atoms with Gasteiger partial charge in [-0.05, 0) is 70.4 Å². The molecule has 0 spiro atoms. The number of amides is 1. The zero-order chi connectivity index (χ0) is 23.8. The molecule has 0 atom stereocenters. The van der Waals surface area contributed by atoms with Gasteiger partial charge in [0.25, 0.3) is 0 Å². The summed E-state index contributed by atoms with van der Waals surface area (Å²) in [6.45, 7) is 9.02. The Hall–Kier alpha value is -2.50. The van der Waals surface area contributed by atoms with Crippen molar-refractivity contribution in [1.29, 1.82) is 0 Å². The predicted molar refractivity (Wildman–Crippen MR) is 134 cm³/mol. The van der Waals surface area contributed by atoms with E-state index in [4.69, 9.17) is 33.0 Å². The number of hydrogen-bond acceptors (Lipinski definition) is 3. The van der Waals surface area contributed by atoms with Gasteiger partial charge in [0, 0.05) is 24.6 Å². The second-order valence-corrected chi connectivity index (χ2v) is 10.3. The van der Waals surface area contributed by atoms with Crippen molar-refractivity contribution in [3.8, 4) is 16.9 Å². The zero-order valence-corrected chi connectivity index (χ0v) is 21.0. The van der Waals surface area contributed by atoms with E-state index in [1.165, 1.54) is 0 Å². The highest BCUT2D eigenvalue weighted by atomic mass is 35.5. The average Bonchev–Trinajstić information content (AvgIpc) is 3.10. The molecule has 0 unspecified atom stereocenters. The molecule has 33 heavy (non-hydrogen) atoms. The number of aromatic nitrogens is 2. The first-order valence-electron chi connectivity index (χ1n) is 11.2. The Bertz CT molecular complexity index is 1120. The van der Waals surface area contributed by atoms with Crippen LogP contribution in [0.4, 0.5) is 4.79 Å². The van der Waals surface area contributed by atoms with Gasteiger partial charge in [0.2, 0.25) is 0 Å². The van der Waals surface area contributed by atoms with E-state index < -0.39 is 5.60 Å². The maximum absolute atomic E-state index is 12.5. The third kappa shape index (κ3) is 5.04.